The van der Waals surface area contributed by atoms with Crippen LogP contribution in [0.3, 0.4) is 0 Å². The van der Waals surface area contributed by atoms with Gasteiger partial charge in [-0.2, -0.15) is 0 Å². The van der Waals surface area contributed by atoms with E-state index in [-0.39, 0.29) is 16.9 Å². The fourth-order valence-electron chi connectivity index (χ4n) is 2.83. The number of sulfonamides is 1. The smallest absolute Gasteiger partial charge is 0.259 e. The summed E-state index contributed by atoms with van der Waals surface area (Å²) < 4.78 is 33.7. The van der Waals surface area contributed by atoms with Crippen LogP contribution >= 0.6 is 0 Å². The normalized spacial score (nSPS) is 16.4. The fourth-order valence-corrected chi connectivity index (χ4v) is 3.93. The van der Waals surface area contributed by atoms with Crippen LogP contribution in [0.1, 0.15) is 18.6 Å². The second kappa shape index (κ2) is 7.88. The van der Waals surface area contributed by atoms with E-state index >= 15 is 0 Å². The van der Waals surface area contributed by atoms with Gasteiger partial charge in [0.2, 0.25) is 5.91 Å². The van der Waals surface area contributed by atoms with Gasteiger partial charge in [-0.15, -0.1) is 0 Å². The van der Waals surface area contributed by atoms with E-state index in [1.807, 2.05) is 0 Å². The lowest BCUT2D eigenvalue weighted by molar-refractivity contribution is -0.127. The Bertz CT molecular complexity index is 862. The monoisotopic (exact) mass is 378 g/mol. The van der Waals surface area contributed by atoms with Crippen LogP contribution in [-0.4, -0.2) is 48.4 Å². The summed E-state index contributed by atoms with van der Waals surface area (Å²) in [5.41, 5.74) is 0. The summed E-state index contributed by atoms with van der Waals surface area (Å²) in [5.74, 6) is 0.776. The van der Waals surface area contributed by atoms with E-state index in [2.05, 4.69) is 9.71 Å². The Kier molecular flexibility index (Phi) is 5.58. The average molecular weight is 378 g/mol. The molecular weight excluding hydrogens is 356 g/mol. The molecule has 0 aliphatic carbocycles. The molecule has 0 saturated carbocycles. The summed E-state index contributed by atoms with van der Waals surface area (Å²) in [4.78, 5) is 17.8. The van der Waals surface area contributed by atoms with Crippen LogP contribution in [0.5, 0.6) is 0 Å². The maximum atomic E-state index is 12.2. The van der Waals surface area contributed by atoms with E-state index in [0.29, 0.717) is 25.4 Å². The average Bonchev–Trinajstić information content (AvgIpc) is 3.30. The zero-order chi connectivity index (χ0) is 18.6. The van der Waals surface area contributed by atoms with Gasteiger partial charge in [0.1, 0.15) is 5.76 Å². The largest absolute Gasteiger partial charge is 0.465 e. The summed E-state index contributed by atoms with van der Waals surface area (Å²) in [5, 5.41) is 0.0238. The Labute approximate surface area is 152 Å². The van der Waals surface area contributed by atoms with Crippen molar-refractivity contribution in [3.05, 3.63) is 42.8 Å². The molecule has 1 fully saturated rings. The molecule has 2 aromatic heterocycles. The van der Waals surface area contributed by atoms with Crippen LogP contribution in [0.15, 0.2) is 46.4 Å². The molecule has 2 aromatic rings. The molecule has 0 spiro atoms. The van der Waals surface area contributed by atoms with Gasteiger partial charge in [-0.25, -0.2) is 18.1 Å². The predicted molar refractivity (Wildman–Crippen MR) is 95.4 cm³/mol. The SMILES string of the molecule is Cn1cnc(S(=O)(=O)NCC2CCN(C(=O)C=Cc3ccco3)CC2)c1. The van der Waals surface area contributed by atoms with Gasteiger partial charge in [0.15, 0.2) is 5.03 Å². The molecule has 140 valence electrons. The van der Waals surface area contributed by atoms with Crippen LogP contribution in [0.2, 0.25) is 0 Å². The van der Waals surface area contributed by atoms with Gasteiger partial charge in [0.05, 0.1) is 12.6 Å². The van der Waals surface area contributed by atoms with Gasteiger partial charge in [0.25, 0.3) is 10.0 Å². The number of likely N-dealkylation sites (tertiary alicyclic amines) is 1. The van der Waals surface area contributed by atoms with Gasteiger partial charge in [0, 0.05) is 39.0 Å². The highest BCUT2D eigenvalue weighted by molar-refractivity contribution is 7.89. The molecule has 1 amide bonds. The van der Waals surface area contributed by atoms with Crippen LogP contribution < -0.4 is 4.72 Å². The highest BCUT2D eigenvalue weighted by Gasteiger charge is 2.24. The molecule has 26 heavy (non-hydrogen) atoms. The number of nitrogens with one attached hydrogen (secondary N) is 1. The van der Waals surface area contributed by atoms with E-state index in [0.717, 1.165) is 12.8 Å². The number of carbonyl (C=O) groups is 1. The second-order valence-electron chi connectivity index (χ2n) is 6.35. The standard InChI is InChI=1S/C17H22N4O4S/c1-20-12-16(18-13-20)26(23,24)19-11-14-6-8-21(9-7-14)17(22)5-4-15-3-2-10-25-15/h2-5,10,12-14,19H,6-9,11H2,1H3. The van der Waals surface area contributed by atoms with Gasteiger partial charge in [-0.1, -0.05) is 0 Å². The Morgan fingerprint density at radius 3 is 2.81 bits per heavy atom. The maximum Gasteiger partial charge on any atom is 0.259 e. The number of amides is 1. The lowest BCUT2D eigenvalue weighted by Crippen LogP contribution is -2.41. The summed E-state index contributed by atoms with van der Waals surface area (Å²) >= 11 is 0. The number of hydrogen-bond donors (Lipinski definition) is 1. The first-order valence-electron chi connectivity index (χ1n) is 8.42. The number of aryl methyl sites for hydroxylation is 1. The Hall–Kier alpha value is -2.39. The molecule has 1 N–H and O–H groups in total. The van der Waals surface area contributed by atoms with Gasteiger partial charge >= 0.3 is 0 Å². The summed E-state index contributed by atoms with van der Waals surface area (Å²) in [7, 11) is -1.87. The van der Waals surface area contributed by atoms with Crippen molar-refractivity contribution in [3.63, 3.8) is 0 Å². The molecule has 8 nitrogen and oxygen atoms in total. The van der Waals surface area contributed by atoms with Crippen molar-refractivity contribution in [2.24, 2.45) is 13.0 Å². The second-order valence-corrected chi connectivity index (χ2v) is 8.06. The van der Waals surface area contributed by atoms with Crippen molar-refractivity contribution in [1.29, 1.82) is 0 Å². The molecular formula is C17H22N4O4S. The van der Waals surface area contributed by atoms with Crippen molar-refractivity contribution in [2.45, 2.75) is 17.9 Å². The highest BCUT2D eigenvalue weighted by Crippen LogP contribution is 2.18. The third-order valence-electron chi connectivity index (χ3n) is 4.38. The molecule has 0 radical (unpaired) electrons. The van der Waals surface area contributed by atoms with Crippen molar-refractivity contribution in [3.8, 4) is 0 Å². The molecule has 0 atom stereocenters. The summed E-state index contributed by atoms with van der Waals surface area (Å²) in [6.45, 7) is 1.57. The quantitative estimate of drug-likeness (QED) is 0.763. The maximum absolute atomic E-state index is 12.2. The molecule has 9 heteroatoms. The Morgan fingerprint density at radius 2 is 2.19 bits per heavy atom. The zero-order valence-electron chi connectivity index (χ0n) is 14.5. The minimum atomic E-state index is -3.59. The number of furan rings is 1. The molecule has 1 saturated heterocycles. The Balaban J connectivity index is 1.46. The topological polar surface area (TPSA) is 97.4 Å². The van der Waals surface area contributed by atoms with Crippen LogP contribution in [-0.2, 0) is 21.9 Å². The third kappa shape index (κ3) is 4.61. The lowest BCUT2D eigenvalue weighted by atomic mass is 9.97. The zero-order valence-corrected chi connectivity index (χ0v) is 15.4. The first-order valence-corrected chi connectivity index (χ1v) is 9.90. The van der Waals surface area contributed by atoms with Crippen LogP contribution in [0, 0.1) is 5.92 Å². The highest BCUT2D eigenvalue weighted by atomic mass is 32.2. The first-order chi connectivity index (χ1) is 12.4. The summed E-state index contributed by atoms with van der Waals surface area (Å²) in [6.07, 6.45) is 9.14. The summed E-state index contributed by atoms with van der Waals surface area (Å²) in [6, 6.07) is 3.55. The van der Waals surface area contributed by atoms with Crippen LogP contribution in [0.25, 0.3) is 6.08 Å². The number of aromatic nitrogens is 2. The number of rotatable bonds is 6. The first kappa shape index (κ1) is 18.4. The fraction of sp³-hybridized carbons (Fsp3) is 0.412. The molecule has 3 heterocycles. The lowest BCUT2D eigenvalue weighted by Gasteiger charge is -2.31. The minimum absolute atomic E-state index is 0.0238. The minimum Gasteiger partial charge on any atom is -0.465 e. The van der Waals surface area contributed by atoms with Gasteiger partial charge in [-0.05, 0) is 37.0 Å². The van der Waals surface area contributed by atoms with Crippen molar-refractivity contribution < 1.29 is 17.6 Å². The third-order valence-corrected chi connectivity index (χ3v) is 5.69. The van der Waals surface area contributed by atoms with Crippen molar-refractivity contribution in [1.82, 2.24) is 19.2 Å². The number of imidazole rings is 1. The number of piperidine rings is 1. The van der Waals surface area contributed by atoms with Crippen molar-refractivity contribution >= 4 is 22.0 Å². The molecule has 3 rings (SSSR count). The van der Waals surface area contributed by atoms with Crippen molar-refractivity contribution in [2.75, 3.05) is 19.6 Å². The van der Waals surface area contributed by atoms with Gasteiger partial charge in [-0.3, -0.25) is 4.79 Å². The number of carbonyl (C=O) groups excluding carboxylic acids is 1. The molecule has 0 bridgehead atoms. The number of hydrogen-bond acceptors (Lipinski definition) is 5. The molecule has 1 aliphatic rings. The predicted octanol–water partition coefficient (Wildman–Crippen LogP) is 1.24. The molecule has 0 aromatic carbocycles. The molecule has 1 aliphatic heterocycles. The van der Waals surface area contributed by atoms with E-state index in [9.17, 15) is 13.2 Å². The molecule has 0 unspecified atom stereocenters. The van der Waals surface area contributed by atoms with E-state index in [4.69, 9.17) is 4.42 Å². The number of nitrogens with zero attached hydrogens (tertiary/aromatic N) is 3. The van der Waals surface area contributed by atoms with Crippen LogP contribution in [0.4, 0.5) is 0 Å². The van der Waals surface area contributed by atoms with Gasteiger partial charge < -0.3 is 13.9 Å². The van der Waals surface area contributed by atoms with E-state index in [1.165, 1.54) is 18.6 Å². The van der Waals surface area contributed by atoms with E-state index < -0.39 is 10.0 Å². The Morgan fingerprint density at radius 1 is 1.42 bits per heavy atom. The van der Waals surface area contributed by atoms with E-state index in [1.54, 1.807) is 41.0 Å².